The molecule has 0 radical (unpaired) electrons. The van der Waals surface area contributed by atoms with Crippen LogP contribution in [0.1, 0.15) is 55.1 Å². The van der Waals surface area contributed by atoms with Gasteiger partial charge in [0.2, 0.25) is 0 Å². The lowest BCUT2D eigenvalue weighted by molar-refractivity contribution is 0.0956. The number of nitrogens with one attached hydrogen (secondary N) is 1. The zero-order valence-electron chi connectivity index (χ0n) is 12.8. The van der Waals surface area contributed by atoms with Gasteiger partial charge in [-0.05, 0) is 48.9 Å². The van der Waals surface area contributed by atoms with Crippen LogP contribution in [0.3, 0.4) is 0 Å². The zero-order chi connectivity index (χ0) is 14.6. The van der Waals surface area contributed by atoms with Crippen molar-refractivity contribution in [3.8, 4) is 0 Å². The fourth-order valence-corrected chi connectivity index (χ4v) is 3.32. The number of rotatable bonds is 4. The first-order chi connectivity index (χ1) is 9.46. The van der Waals surface area contributed by atoms with Gasteiger partial charge in [-0.1, -0.05) is 26.8 Å². The van der Waals surface area contributed by atoms with Gasteiger partial charge < -0.3 is 5.32 Å². The van der Waals surface area contributed by atoms with Crippen LogP contribution in [0.2, 0.25) is 0 Å². The summed E-state index contributed by atoms with van der Waals surface area (Å²) in [5, 5.41) is 3.02. The second-order valence-electron chi connectivity index (χ2n) is 6.41. The summed E-state index contributed by atoms with van der Waals surface area (Å²) >= 11 is 1.88. The van der Waals surface area contributed by atoms with E-state index in [1.165, 1.54) is 30.4 Å². The monoisotopic (exact) mass is 291 g/mol. The van der Waals surface area contributed by atoms with Gasteiger partial charge in [0.05, 0.1) is 0 Å². The van der Waals surface area contributed by atoms with Crippen LogP contribution >= 0.6 is 11.8 Å². The fourth-order valence-electron chi connectivity index (χ4n) is 2.50. The minimum Gasteiger partial charge on any atom is -0.351 e. The summed E-state index contributed by atoms with van der Waals surface area (Å²) in [6, 6.07) is 6.18. The molecule has 0 spiro atoms. The third-order valence-corrected chi connectivity index (χ3v) is 4.81. The maximum Gasteiger partial charge on any atom is 0.251 e. The van der Waals surface area contributed by atoms with E-state index in [1.807, 2.05) is 17.8 Å². The molecule has 0 aromatic heterocycles. The van der Waals surface area contributed by atoms with Crippen LogP contribution in [0.25, 0.3) is 0 Å². The number of hydrogen-bond donors (Lipinski definition) is 1. The van der Waals surface area contributed by atoms with Crippen molar-refractivity contribution in [1.82, 2.24) is 5.32 Å². The summed E-state index contributed by atoms with van der Waals surface area (Å²) in [4.78, 5) is 12.1. The first-order valence-electron chi connectivity index (χ1n) is 7.50. The Labute approximate surface area is 126 Å². The normalized spacial score (nSPS) is 14.8. The average molecular weight is 291 g/mol. The molecule has 0 unspecified atom stereocenters. The Morgan fingerprint density at radius 2 is 1.90 bits per heavy atom. The Morgan fingerprint density at radius 1 is 1.20 bits per heavy atom. The fraction of sp³-hybridized carbons (Fsp3) is 0.588. The van der Waals surface area contributed by atoms with Gasteiger partial charge in [0.1, 0.15) is 0 Å². The molecule has 1 aromatic carbocycles. The van der Waals surface area contributed by atoms with E-state index < -0.39 is 0 Å². The van der Waals surface area contributed by atoms with E-state index in [2.05, 4.69) is 38.2 Å². The predicted octanol–water partition coefficient (Wildman–Crippen LogP) is 3.83. The minimum absolute atomic E-state index is 0.0629. The number of benzene rings is 1. The maximum absolute atomic E-state index is 12.1. The molecule has 1 aliphatic carbocycles. The minimum atomic E-state index is 0.0629. The molecule has 1 aromatic rings. The quantitative estimate of drug-likeness (QED) is 0.854. The molecule has 0 atom stereocenters. The summed E-state index contributed by atoms with van der Waals surface area (Å²) in [6.07, 6.45) is 4.82. The lowest BCUT2D eigenvalue weighted by Gasteiger charge is -2.18. The van der Waals surface area contributed by atoms with E-state index in [-0.39, 0.29) is 10.7 Å². The van der Waals surface area contributed by atoms with Crippen molar-refractivity contribution >= 4 is 17.7 Å². The standard InChI is InChI=1S/C17H25NOS/c1-17(2,3)20-11-10-18-16(19)15-9-8-13-6-4-5-7-14(13)12-15/h8-9,12H,4-7,10-11H2,1-3H3,(H,18,19). The van der Waals surface area contributed by atoms with Gasteiger partial charge in [0.25, 0.3) is 5.91 Å². The molecule has 110 valence electrons. The Kier molecular flexibility index (Phi) is 5.14. The lowest BCUT2D eigenvalue weighted by Crippen LogP contribution is -2.27. The molecule has 20 heavy (non-hydrogen) atoms. The first kappa shape index (κ1) is 15.4. The number of hydrogen-bond acceptors (Lipinski definition) is 2. The first-order valence-corrected chi connectivity index (χ1v) is 8.48. The van der Waals surface area contributed by atoms with Crippen LogP contribution in [0.5, 0.6) is 0 Å². The van der Waals surface area contributed by atoms with E-state index in [9.17, 15) is 4.79 Å². The van der Waals surface area contributed by atoms with E-state index in [1.54, 1.807) is 0 Å². The zero-order valence-corrected chi connectivity index (χ0v) is 13.6. The van der Waals surface area contributed by atoms with Crippen molar-refractivity contribution in [2.24, 2.45) is 0 Å². The third-order valence-electron chi connectivity index (χ3n) is 3.53. The molecule has 0 fully saturated rings. The highest BCUT2D eigenvalue weighted by molar-refractivity contribution is 8.00. The molecular formula is C17H25NOS. The van der Waals surface area contributed by atoms with E-state index in [0.29, 0.717) is 0 Å². The molecule has 0 heterocycles. The average Bonchev–Trinajstić information content (AvgIpc) is 2.42. The summed E-state index contributed by atoms with van der Waals surface area (Å²) in [6.45, 7) is 7.33. The van der Waals surface area contributed by atoms with Gasteiger partial charge in [0.15, 0.2) is 0 Å². The van der Waals surface area contributed by atoms with Crippen molar-refractivity contribution in [2.45, 2.75) is 51.2 Å². The smallest absolute Gasteiger partial charge is 0.251 e. The third kappa shape index (κ3) is 4.55. The molecule has 2 rings (SSSR count). The van der Waals surface area contributed by atoms with Crippen molar-refractivity contribution in [2.75, 3.05) is 12.3 Å². The Balaban J connectivity index is 1.86. The van der Waals surface area contributed by atoms with Crippen LogP contribution in [-0.4, -0.2) is 23.0 Å². The second-order valence-corrected chi connectivity index (χ2v) is 8.33. The molecule has 2 nitrogen and oxygen atoms in total. The highest BCUT2D eigenvalue weighted by Crippen LogP contribution is 2.23. The van der Waals surface area contributed by atoms with Crippen molar-refractivity contribution in [1.29, 1.82) is 0 Å². The molecule has 0 saturated heterocycles. The number of thioether (sulfide) groups is 1. The molecular weight excluding hydrogens is 266 g/mol. The summed E-state index contributed by atoms with van der Waals surface area (Å²) < 4.78 is 0.260. The molecule has 1 aliphatic rings. The molecule has 1 N–H and O–H groups in total. The van der Waals surface area contributed by atoms with Crippen LogP contribution < -0.4 is 5.32 Å². The number of fused-ring (bicyclic) bond motifs is 1. The van der Waals surface area contributed by atoms with Gasteiger partial charge in [0, 0.05) is 22.6 Å². The van der Waals surface area contributed by atoms with Crippen LogP contribution in [0.4, 0.5) is 0 Å². The number of carbonyl (C=O) groups is 1. The molecule has 3 heteroatoms. The summed E-state index contributed by atoms with van der Waals surface area (Å²) in [5.74, 6) is 1.02. The summed E-state index contributed by atoms with van der Waals surface area (Å²) in [5.41, 5.74) is 3.61. The second kappa shape index (κ2) is 6.66. The van der Waals surface area contributed by atoms with Crippen molar-refractivity contribution < 1.29 is 4.79 Å². The Hall–Kier alpha value is -0.960. The largest absolute Gasteiger partial charge is 0.351 e. The number of aryl methyl sites for hydroxylation is 2. The topological polar surface area (TPSA) is 29.1 Å². The van der Waals surface area contributed by atoms with Crippen molar-refractivity contribution in [3.63, 3.8) is 0 Å². The highest BCUT2D eigenvalue weighted by atomic mass is 32.2. The van der Waals surface area contributed by atoms with Gasteiger partial charge in [-0.3, -0.25) is 4.79 Å². The van der Waals surface area contributed by atoms with Gasteiger partial charge in [-0.2, -0.15) is 11.8 Å². The number of carbonyl (C=O) groups excluding carboxylic acids is 1. The Bertz CT molecular complexity index is 476. The van der Waals surface area contributed by atoms with E-state index in [0.717, 1.165) is 24.3 Å². The molecule has 0 saturated carbocycles. The molecule has 1 amide bonds. The summed E-state index contributed by atoms with van der Waals surface area (Å²) in [7, 11) is 0. The van der Waals surface area contributed by atoms with Crippen LogP contribution in [0.15, 0.2) is 18.2 Å². The van der Waals surface area contributed by atoms with Gasteiger partial charge in [-0.25, -0.2) is 0 Å². The van der Waals surface area contributed by atoms with E-state index in [4.69, 9.17) is 0 Å². The SMILES string of the molecule is CC(C)(C)SCCNC(=O)c1ccc2c(c1)CCCC2. The predicted molar refractivity (Wildman–Crippen MR) is 87.6 cm³/mol. The number of amides is 1. The van der Waals surface area contributed by atoms with Gasteiger partial charge >= 0.3 is 0 Å². The molecule has 0 aliphatic heterocycles. The van der Waals surface area contributed by atoms with E-state index >= 15 is 0 Å². The van der Waals surface area contributed by atoms with Crippen LogP contribution in [0, 0.1) is 0 Å². The lowest BCUT2D eigenvalue weighted by atomic mass is 9.90. The molecule has 0 bridgehead atoms. The van der Waals surface area contributed by atoms with Crippen molar-refractivity contribution in [3.05, 3.63) is 34.9 Å². The Morgan fingerprint density at radius 3 is 2.60 bits per heavy atom. The van der Waals surface area contributed by atoms with Gasteiger partial charge in [-0.15, -0.1) is 0 Å². The van der Waals surface area contributed by atoms with Crippen LogP contribution in [-0.2, 0) is 12.8 Å². The maximum atomic E-state index is 12.1. The highest BCUT2D eigenvalue weighted by Gasteiger charge is 2.13.